The Bertz CT molecular complexity index is 578. The molecule has 0 spiro atoms. The second-order valence-corrected chi connectivity index (χ2v) is 4.35. The molecular formula is C12H13ClN4. The Morgan fingerprint density at radius 2 is 2.06 bits per heavy atom. The summed E-state index contributed by atoms with van der Waals surface area (Å²) >= 11 is 5.98. The van der Waals surface area contributed by atoms with Crippen LogP contribution in [-0.2, 0) is 0 Å². The summed E-state index contributed by atoms with van der Waals surface area (Å²) < 4.78 is 0. The highest BCUT2D eigenvalue weighted by Crippen LogP contribution is 2.25. The van der Waals surface area contributed by atoms with E-state index in [-0.39, 0.29) is 0 Å². The molecule has 0 fully saturated rings. The number of aromatic nitrogens is 2. The molecule has 0 bridgehead atoms. The van der Waals surface area contributed by atoms with Crippen molar-refractivity contribution in [2.75, 3.05) is 14.1 Å². The Morgan fingerprint density at radius 1 is 1.29 bits per heavy atom. The van der Waals surface area contributed by atoms with Crippen LogP contribution >= 0.6 is 11.6 Å². The average Bonchev–Trinajstić information content (AvgIpc) is 2.29. The van der Waals surface area contributed by atoms with E-state index in [9.17, 15) is 0 Å². The highest BCUT2D eigenvalue weighted by atomic mass is 35.5. The van der Waals surface area contributed by atoms with E-state index in [1.807, 2.05) is 44.1 Å². The van der Waals surface area contributed by atoms with Crippen molar-refractivity contribution in [2.45, 2.75) is 6.92 Å². The van der Waals surface area contributed by atoms with Gasteiger partial charge in [0.05, 0.1) is 5.52 Å². The van der Waals surface area contributed by atoms with E-state index in [2.05, 4.69) is 15.0 Å². The second kappa shape index (κ2) is 4.67. The standard InChI is InChI=1S/C12H13ClN4/c1-8(17(2)3)16-12-10-6-9(13)4-5-11(10)14-7-15-12/h4-7H,1-3H3. The SMILES string of the molecule is CC(=Nc1ncnc2ccc(Cl)cc12)N(C)C. The van der Waals surface area contributed by atoms with E-state index >= 15 is 0 Å². The van der Waals surface area contributed by atoms with Gasteiger partial charge >= 0.3 is 0 Å². The zero-order chi connectivity index (χ0) is 12.4. The third-order valence-corrected chi connectivity index (χ3v) is 2.73. The van der Waals surface area contributed by atoms with Crippen LogP contribution in [0, 0.1) is 0 Å². The maximum absolute atomic E-state index is 5.98. The zero-order valence-corrected chi connectivity index (χ0v) is 10.7. The molecule has 0 atom stereocenters. The molecule has 5 heteroatoms. The molecule has 2 aromatic rings. The van der Waals surface area contributed by atoms with E-state index in [0.717, 1.165) is 16.7 Å². The van der Waals surface area contributed by atoms with Crippen molar-refractivity contribution in [1.29, 1.82) is 0 Å². The third-order valence-electron chi connectivity index (χ3n) is 2.49. The Morgan fingerprint density at radius 3 is 2.76 bits per heavy atom. The molecular weight excluding hydrogens is 236 g/mol. The van der Waals surface area contributed by atoms with E-state index in [0.29, 0.717) is 10.8 Å². The minimum Gasteiger partial charge on any atom is -0.366 e. The third kappa shape index (κ3) is 2.53. The molecule has 88 valence electrons. The fourth-order valence-electron chi connectivity index (χ4n) is 1.36. The molecule has 0 saturated carbocycles. The van der Waals surface area contributed by atoms with E-state index in [1.165, 1.54) is 6.33 Å². The molecule has 0 saturated heterocycles. The van der Waals surface area contributed by atoms with E-state index in [4.69, 9.17) is 11.6 Å². The molecule has 4 nitrogen and oxygen atoms in total. The second-order valence-electron chi connectivity index (χ2n) is 3.91. The maximum Gasteiger partial charge on any atom is 0.165 e. The lowest BCUT2D eigenvalue weighted by atomic mass is 10.2. The molecule has 2 rings (SSSR count). The van der Waals surface area contributed by atoms with Crippen molar-refractivity contribution in [1.82, 2.24) is 14.9 Å². The molecule has 0 radical (unpaired) electrons. The maximum atomic E-state index is 5.98. The largest absolute Gasteiger partial charge is 0.366 e. The van der Waals surface area contributed by atoms with Gasteiger partial charge in [0.1, 0.15) is 12.2 Å². The Labute approximate surface area is 105 Å². The topological polar surface area (TPSA) is 41.4 Å². The van der Waals surface area contributed by atoms with Gasteiger partial charge in [-0.2, -0.15) is 0 Å². The number of benzene rings is 1. The predicted molar refractivity (Wildman–Crippen MR) is 71.0 cm³/mol. The minimum atomic E-state index is 0.642. The number of nitrogens with zero attached hydrogens (tertiary/aromatic N) is 4. The highest BCUT2D eigenvalue weighted by Gasteiger charge is 2.04. The van der Waals surface area contributed by atoms with Crippen LogP contribution in [0.2, 0.25) is 5.02 Å². The summed E-state index contributed by atoms with van der Waals surface area (Å²) in [5.74, 6) is 1.52. The Balaban J connectivity index is 2.61. The molecule has 0 unspecified atom stereocenters. The van der Waals surface area contributed by atoms with Crippen LogP contribution in [0.25, 0.3) is 10.9 Å². The molecule has 1 aromatic heterocycles. The number of amidine groups is 1. The summed E-state index contributed by atoms with van der Waals surface area (Å²) in [6.45, 7) is 1.93. The van der Waals surface area contributed by atoms with Crippen LogP contribution in [-0.4, -0.2) is 34.8 Å². The smallest absolute Gasteiger partial charge is 0.165 e. The fourth-order valence-corrected chi connectivity index (χ4v) is 1.53. The van der Waals surface area contributed by atoms with Crippen LogP contribution in [0.1, 0.15) is 6.92 Å². The molecule has 0 N–H and O–H groups in total. The number of hydrogen-bond donors (Lipinski definition) is 0. The van der Waals surface area contributed by atoms with Gasteiger partial charge in [0.25, 0.3) is 0 Å². The van der Waals surface area contributed by atoms with Gasteiger partial charge in [0.15, 0.2) is 5.82 Å². The first kappa shape index (κ1) is 11.8. The number of aliphatic imine (C=N–C) groups is 1. The molecule has 17 heavy (non-hydrogen) atoms. The van der Waals surface area contributed by atoms with Crippen molar-refractivity contribution < 1.29 is 0 Å². The van der Waals surface area contributed by atoms with Gasteiger partial charge in [0.2, 0.25) is 0 Å². The monoisotopic (exact) mass is 248 g/mol. The average molecular weight is 249 g/mol. The van der Waals surface area contributed by atoms with Gasteiger partial charge in [-0.05, 0) is 25.1 Å². The number of fused-ring (bicyclic) bond motifs is 1. The molecule has 0 aliphatic rings. The summed E-state index contributed by atoms with van der Waals surface area (Å²) in [5, 5.41) is 1.52. The van der Waals surface area contributed by atoms with Gasteiger partial charge < -0.3 is 4.90 Å². The lowest BCUT2D eigenvalue weighted by Crippen LogP contribution is -2.17. The molecule has 0 aliphatic carbocycles. The van der Waals surface area contributed by atoms with E-state index in [1.54, 1.807) is 0 Å². The predicted octanol–water partition coefficient (Wildman–Crippen LogP) is 2.89. The summed E-state index contributed by atoms with van der Waals surface area (Å²) in [6, 6.07) is 5.51. The van der Waals surface area contributed by atoms with Crippen molar-refractivity contribution in [3.63, 3.8) is 0 Å². The normalized spacial score (nSPS) is 11.9. The van der Waals surface area contributed by atoms with Gasteiger partial charge in [-0.15, -0.1) is 0 Å². The van der Waals surface area contributed by atoms with Gasteiger partial charge in [0, 0.05) is 24.5 Å². The first-order valence-electron chi connectivity index (χ1n) is 5.21. The van der Waals surface area contributed by atoms with Crippen LogP contribution < -0.4 is 0 Å². The summed E-state index contributed by atoms with van der Waals surface area (Å²) in [6.07, 6.45) is 1.51. The van der Waals surface area contributed by atoms with Crippen molar-refractivity contribution in [3.8, 4) is 0 Å². The fraction of sp³-hybridized carbons (Fsp3) is 0.250. The van der Waals surface area contributed by atoms with Gasteiger partial charge in [-0.1, -0.05) is 11.6 Å². The first-order valence-corrected chi connectivity index (χ1v) is 5.58. The number of halogens is 1. The van der Waals surface area contributed by atoms with Gasteiger partial charge in [-0.25, -0.2) is 15.0 Å². The molecule has 1 heterocycles. The van der Waals surface area contributed by atoms with Crippen LogP contribution in [0.3, 0.4) is 0 Å². The van der Waals surface area contributed by atoms with E-state index < -0.39 is 0 Å². The zero-order valence-electron chi connectivity index (χ0n) is 9.98. The number of rotatable bonds is 1. The molecule has 1 aromatic carbocycles. The Kier molecular flexibility index (Phi) is 3.24. The number of hydrogen-bond acceptors (Lipinski definition) is 3. The summed E-state index contributed by atoms with van der Waals surface area (Å²) in [5.41, 5.74) is 0.842. The first-order chi connectivity index (χ1) is 8.08. The van der Waals surface area contributed by atoms with Crippen LogP contribution in [0.15, 0.2) is 29.5 Å². The van der Waals surface area contributed by atoms with Gasteiger partial charge in [-0.3, -0.25) is 0 Å². The van der Waals surface area contributed by atoms with Crippen molar-refractivity contribution in [2.24, 2.45) is 4.99 Å². The lowest BCUT2D eigenvalue weighted by molar-refractivity contribution is 0.618. The highest BCUT2D eigenvalue weighted by molar-refractivity contribution is 6.31. The molecule has 0 aliphatic heterocycles. The van der Waals surface area contributed by atoms with Crippen molar-refractivity contribution in [3.05, 3.63) is 29.5 Å². The lowest BCUT2D eigenvalue weighted by Gasteiger charge is -2.11. The summed E-state index contributed by atoms with van der Waals surface area (Å²) in [7, 11) is 3.88. The van der Waals surface area contributed by atoms with Crippen LogP contribution in [0.4, 0.5) is 5.82 Å². The van der Waals surface area contributed by atoms with Crippen molar-refractivity contribution >= 4 is 34.2 Å². The van der Waals surface area contributed by atoms with Crippen LogP contribution in [0.5, 0.6) is 0 Å². The minimum absolute atomic E-state index is 0.642. The quantitative estimate of drug-likeness (QED) is 0.576. The Hall–Kier alpha value is -1.68. The molecule has 0 amide bonds. The summed E-state index contributed by atoms with van der Waals surface area (Å²) in [4.78, 5) is 14.8.